The normalized spacial score (nSPS) is 11.7. The highest BCUT2D eigenvalue weighted by Crippen LogP contribution is 2.17. The fraction of sp³-hybridized carbons (Fsp3) is 0.571. The molecule has 1 aromatic rings. The quantitative estimate of drug-likeness (QED) is 0.153. The van der Waals surface area contributed by atoms with Crippen LogP contribution >= 0.6 is 23.5 Å². The van der Waals surface area contributed by atoms with Crippen LogP contribution in [0.5, 0.6) is 0 Å². The van der Waals surface area contributed by atoms with Crippen LogP contribution in [0.25, 0.3) is 0 Å². The zero-order chi connectivity index (χ0) is 20.1. The molecule has 0 atom stereocenters. The van der Waals surface area contributed by atoms with E-state index < -0.39 is 0 Å². The highest BCUT2D eigenvalue weighted by Gasteiger charge is 2.10. The zero-order valence-electron chi connectivity index (χ0n) is 15.3. The van der Waals surface area contributed by atoms with Crippen LogP contribution in [0.2, 0.25) is 0 Å². The van der Waals surface area contributed by atoms with Gasteiger partial charge < -0.3 is 11.5 Å². The van der Waals surface area contributed by atoms with Gasteiger partial charge in [0.15, 0.2) is 12.4 Å². The molecule has 0 radical (unpaired) electrons. The van der Waals surface area contributed by atoms with Crippen molar-refractivity contribution in [2.75, 3.05) is 38.7 Å². The van der Waals surface area contributed by atoms with E-state index >= 15 is 0 Å². The van der Waals surface area contributed by atoms with Gasteiger partial charge in [-0.05, 0) is 0 Å². The van der Waals surface area contributed by atoms with Crippen molar-refractivity contribution in [3.63, 3.8) is 0 Å². The van der Waals surface area contributed by atoms with Crippen LogP contribution in [0, 0.1) is 22.9 Å². The lowest BCUT2D eigenvalue weighted by Gasteiger charge is -2.13. The third-order valence-corrected chi connectivity index (χ3v) is 5.27. The number of hydrogen-bond acceptors (Lipinski definition) is 8. The molecule has 1 aromatic heterocycles. The summed E-state index contributed by atoms with van der Waals surface area (Å²) in [5.41, 5.74) is 13.1. The number of H-pyrrole nitrogens is 1. The monoisotopic (exact) mass is 409 g/mol. The van der Waals surface area contributed by atoms with Crippen LogP contribution < -0.4 is 11.5 Å². The van der Waals surface area contributed by atoms with E-state index in [4.69, 9.17) is 22.0 Å². The van der Waals surface area contributed by atoms with Crippen LogP contribution in [-0.4, -0.2) is 75.8 Å². The summed E-state index contributed by atoms with van der Waals surface area (Å²) in [5, 5.41) is 28.9. The maximum atomic E-state index is 9.02. The molecule has 1 heterocycles. The molecule has 27 heavy (non-hydrogen) atoms. The Bertz CT molecular complexity index is 657. The Morgan fingerprint density at radius 1 is 1.04 bits per heavy atom. The van der Waals surface area contributed by atoms with E-state index in [1.54, 1.807) is 37.6 Å². The number of nitrogens with one attached hydrogen (secondary N) is 1. The van der Waals surface area contributed by atoms with Gasteiger partial charge in [0.2, 0.25) is 11.9 Å². The van der Waals surface area contributed by atoms with Crippen LogP contribution in [0.3, 0.4) is 0 Å². The summed E-state index contributed by atoms with van der Waals surface area (Å²) in [4.78, 5) is 10.3. The van der Waals surface area contributed by atoms with Gasteiger partial charge in [-0.15, -0.1) is 5.10 Å². The van der Waals surface area contributed by atoms with E-state index in [2.05, 4.69) is 25.4 Å². The smallest absolute Gasteiger partial charge is 0.204 e. The minimum Gasteiger partial charge on any atom is -0.369 e. The molecular formula is C14H23N11S2. The Balaban J connectivity index is 2.36. The van der Waals surface area contributed by atoms with Gasteiger partial charge in [-0.25, -0.2) is 9.80 Å². The fourth-order valence-electron chi connectivity index (χ4n) is 1.83. The van der Waals surface area contributed by atoms with Crippen LogP contribution in [0.4, 0.5) is 0 Å². The molecule has 0 aliphatic heterocycles. The van der Waals surface area contributed by atoms with E-state index in [9.17, 15) is 0 Å². The summed E-state index contributed by atoms with van der Waals surface area (Å²) < 4.78 is 0. The van der Waals surface area contributed by atoms with Crippen LogP contribution in [0.15, 0.2) is 9.98 Å². The van der Waals surface area contributed by atoms with Gasteiger partial charge in [0.25, 0.3) is 0 Å². The summed E-state index contributed by atoms with van der Waals surface area (Å²) in [6.07, 6.45) is 4.00. The third-order valence-electron chi connectivity index (χ3n) is 3.36. The second-order valence-corrected chi connectivity index (χ2v) is 7.22. The molecule has 0 aliphatic carbocycles. The molecule has 0 unspecified atom stereocenters. The summed E-state index contributed by atoms with van der Waals surface area (Å²) in [6.45, 7) is 0.969. The Morgan fingerprint density at radius 3 is 2.04 bits per heavy atom. The standard InChI is InChI=1S/C14H23N11S2/c1-19-13(17)24(9-15)3-5-26-7-11-12(22-23-21-11)8-27-6-4-25(10-16)14(18)20-2/h3-8H2,1-2H3,(H2,17,19)(H2,18,20)(H,21,22,23). The van der Waals surface area contributed by atoms with E-state index in [-0.39, 0.29) is 11.9 Å². The van der Waals surface area contributed by atoms with Crippen molar-refractivity contribution in [3.05, 3.63) is 11.4 Å². The zero-order valence-corrected chi connectivity index (χ0v) is 16.9. The van der Waals surface area contributed by atoms with Crippen molar-refractivity contribution in [1.82, 2.24) is 25.2 Å². The Kier molecular flexibility index (Phi) is 10.5. The number of nitriles is 2. The minimum atomic E-state index is 0.205. The van der Waals surface area contributed by atoms with E-state index in [0.29, 0.717) is 36.1 Å². The van der Waals surface area contributed by atoms with E-state index in [1.807, 2.05) is 12.4 Å². The van der Waals surface area contributed by atoms with E-state index in [0.717, 1.165) is 11.4 Å². The molecule has 0 saturated heterocycles. The lowest BCUT2D eigenvalue weighted by atomic mass is 10.4. The number of nitrogens with zero attached hydrogens (tertiary/aromatic N) is 8. The Morgan fingerprint density at radius 2 is 1.56 bits per heavy atom. The first kappa shape index (κ1) is 22.4. The van der Waals surface area contributed by atoms with Crippen molar-refractivity contribution in [2.24, 2.45) is 21.5 Å². The topological polar surface area (TPSA) is 172 Å². The molecule has 0 aliphatic rings. The molecule has 0 spiro atoms. The lowest BCUT2D eigenvalue weighted by Crippen LogP contribution is -2.34. The average Bonchev–Trinajstić information content (AvgIpc) is 3.14. The second kappa shape index (κ2) is 12.7. The molecule has 11 nitrogen and oxygen atoms in total. The lowest BCUT2D eigenvalue weighted by molar-refractivity contribution is 0.606. The minimum absolute atomic E-state index is 0.205. The highest BCUT2D eigenvalue weighted by molar-refractivity contribution is 7.98. The Hall–Kier alpha value is -2.64. The highest BCUT2D eigenvalue weighted by atomic mass is 32.2. The summed E-state index contributed by atoms with van der Waals surface area (Å²) in [6, 6.07) is 0. The van der Waals surface area contributed by atoms with Gasteiger partial charge in [-0.2, -0.15) is 34.0 Å². The van der Waals surface area contributed by atoms with Crippen LogP contribution in [-0.2, 0) is 11.5 Å². The van der Waals surface area contributed by atoms with Gasteiger partial charge in [0.05, 0.1) is 11.4 Å². The van der Waals surface area contributed by atoms with Crippen molar-refractivity contribution in [1.29, 1.82) is 10.5 Å². The maximum absolute atomic E-state index is 9.02. The predicted molar refractivity (Wildman–Crippen MR) is 108 cm³/mol. The van der Waals surface area contributed by atoms with Crippen LogP contribution in [0.1, 0.15) is 11.4 Å². The fourth-order valence-corrected chi connectivity index (χ4v) is 3.60. The van der Waals surface area contributed by atoms with Gasteiger partial charge in [-0.3, -0.25) is 15.1 Å². The Labute approximate surface area is 166 Å². The first-order chi connectivity index (χ1) is 13.1. The molecule has 0 aromatic carbocycles. The predicted octanol–water partition coefficient (Wildman–Crippen LogP) is -0.274. The average molecular weight is 410 g/mol. The van der Waals surface area contributed by atoms with Crippen molar-refractivity contribution >= 4 is 35.4 Å². The number of guanidine groups is 2. The van der Waals surface area contributed by atoms with Gasteiger partial charge >= 0.3 is 0 Å². The largest absolute Gasteiger partial charge is 0.369 e. The van der Waals surface area contributed by atoms with Crippen molar-refractivity contribution < 1.29 is 0 Å². The van der Waals surface area contributed by atoms with Crippen molar-refractivity contribution in [2.45, 2.75) is 11.5 Å². The summed E-state index contributed by atoms with van der Waals surface area (Å²) >= 11 is 3.28. The molecule has 0 bridgehead atoms. The number of aromatic amines is 1. The number of aromatic nitrogens is 3. The van der Waals surface area contributed by atoms with Gasteiger partial charge in [0.1, 0.15) is 0 Å². The molecule has 1 rings (SSSR count). The number of nitrogens with two attached hydrogens (primary N) is 2. The number of rotatable bonds is 10. The van der Waals surface area contributed by atoms with E-state index in [1.165, 1.54) is 9.80 Å². The molecule has 5 N–H and O–H groups in total. The second-order valence-electron chi connectivity index (χ2n) is 5.01. The first-order valence-corrected chi connectivity index (χ1v) is 10.2. The summed E-state index contributed by atoms with van der Waals surface area (Å²) in [5.74, 6) is 3.20. The number of aliphatic imine (C=N–C) groups is 2. The molecular weight excluding hydrogens is 386 g/mol. The molecule has 13 heteroatoms. The first-order valence-electron chi connectivity index (χ1n) is 7.90. The van der Waals surface area contributed by atoms with Gasteiger partial charge in [0, 0.05) is 50.2 Å². The number of thioether (sulfide) groups is 2. The molecule has 0 fully saturated rings. The summed E-state index contributed by atoms with van der Waals surface area (Å²) in [7, 11) is 3.09. The maximum Gasteiger partial charge on any atom is 0.204 e. The molecule has 146 valence electrons. The number of hydrogen-bond donors (Lipinski definition) is 3. The molecule has 0 saturated carbocycles. The molecule has 0 amide bonds. The van der Waals surface area contributed by atoms with Crippen molar-refractivity contribution in [3.8, 4) is 12.4 Å². The third kappa shape index (κ3) is 7.64. The SMILES string of the molecule is CN=C(N)N(C#N)CCSCc1nn[nH]c1CSCCN(C#N)C(N)=NC. The van der Waals surface area contributed by atoms with Gasteiger partial charge in [-0.1, -0.05) is 5.21 Å².